The first kappa shape index (κ1) is 14.6. The van der Waals surface area contributed by atoms with Crippen molar-refractivity contribution in [3.63, 3.8) is 0 Å². The van der Waals surface area contributed by atoms with Crippen molar-refractivity contribution in [2.45, 2.75) is 32.7 Å². The van der Waals surface area contributed by atoms with Gasteiger partial charge in [-0.3, -0.25) is 4.79 Å². The number of halogens is 1. The van der Waals surface area contributed by atoms with Crippen LogP contribution >= 0.6 is 15.9 Å². The van der Waals surface area contributed by atoms with E-state index in [9.17, 15) is 4.79 Å². The van der Waals surface area contributed by atoms with Gasteiger partial charge in [-0.05, 0) is 54.1 Å². The van der Waals surface area contributed by atoms with Gasteiger partial charge in [0.2, 0.25) is 0 Å². The molecule has 1 aromatic heterocycles. The molecule has 5 heteroatoms. The average Bonchev–Trinajstić information content (AvgIpc) is 3.14. The lowest BCUT2D eigenvalue weighted by Crippen LogP contribution is -2.27. The molecular weight excluding hydrogens is 308 g/mol. The predicted molar refractivity (Wildman–Crippen MR) is 78.3 cm³/mol. The van der Waals surface area contributed by atoms with Crippen molar-refractivity contribution in [3.05, 3.63) is 22.4 Å². The van der Waals surface area contributed by atoms with Crippen LogP contribution in [0.1, 0.15) is 36.7 Å². The third-order valence-corrected chi connectivity index (χ3v) is 3.67. The van der Waals surface area contributed by atoms with Crippen LogP contribution in [0.3, 0.4) is 0 Å². The predicted octanol–water partition coefficient (Wildman–Crippen LogP) is 2.82. The van der Waals surface area contributed by atoms with Gasteiger partial charge in [-0.2, -0.15) is 0 Å². The lowest BCUT2D eigenvalue weighted by Gasteiger charge is -2.08. The molecule has 1 aromatic rings. The van der Waals surface area contributed by atoms with Gasteiger partial charge in [0.1, 0.15) is 5.69 Å². The van der Waals surface area contributed by atoms with E-state index in [0.717, 1.165) is 36.6 Å². The van der Waals surface area contributed by atoms with Crippen molar-refractivity contribution in [1.82, 2.24) is 9.88 Å². The topological polar surface area (TPSA) is 43.3 Å². The Kier molecular flexibility index (Phi) is 5.45. The van der Waals surface area contributed by atoms with Crippen molar-refractivity contribution in [2.75, 3.05) is 19.8 Å². The van der Waals surface area contributed by atoms with Gasteiger partial charge in [-0.25, -0.2) is 0 Å². The van der Waals surface area contributed by atoms with Crippen molar-refractivity contribution >= 4 is 21.8 Å². The van der Waals surface area contributed by atoms with Gasteiger partial charge in [0.15, 0.2) is 0 Å². The lowest BCUT2D eigenvalue weighted by molar-refractivity contribution is 0.0928. The van der Waals surface area contributed by atoms with Gasteiger partial charge < -0.3 is 14.6 Å². The standard InChI is InChI=1S/C14H21BrN2O2/c1-2-17-9-12(15)8-13(17)14(18)16-6-3-7-19-10-11-4-5-11/h8-9,11H,2-7,10H2,1H3,(H,16,18). The average molecular weight is 329 g/mol. The highest BCUT2D eigenvalue weighted by molar-refractivity contribution is 9.10. The molecule has 0 atom stereocenters. The maximum atomic E-state index is 12.0. The van der Waals surface area contributed by atoms with Crippen molar-refractivity contribution in [3.8, 4) is 0 Å². The number of carbonyl (C=O) groups is 1. The molecule has 0 aromatic carbocycles. The van der Waals surface area contributed by atoms with E-state index in [2.05, 4.69) is 21.2 Å². The molecule has 1 fully saturated rings. The molecule has 0 saturated heterocycles. The highest BCUT2D eigenvalue weighted by Gasteiger charge is 2.20. The summed E-state index contributed by atoms with van der Waals surface area (Å²) in [5.74, 6) is 0.787. The van der Waals surface area contributed by atoms with Gasteiger partial charge in [0.25, 0.3) is 5.91 Å². The summed E-state index contributed by atoms with van der Waals surface area (Å²) in [7, 11) is 0. The molecule has 4 nitrogen and oxygen atoms in total. The summed E-state index contributed by atoms with van der Waals surface area (Å²) < 4.78 is 8.40. The number of ether oxygens (including phenoxy) is 1. The van der Waals surface area contributed by atoms with E-state index in [1.54, 1.807) is 0 Å². The van der Waals surface area contributed by atoms with E-state index in [1.807, 2.05) is 23.8 Å². The summed E-state index contributed by atoms with van der Waals surface area (Å²) >= 11 is 3.39. The molecule has 2 rings (SSSR count). The Hall–Kier alpha value is -0.810. The Labute approximate surface area is 122 Å². The Balaban J connectivity index is 1.65. The number of aromatic nitrogens is 1. The summed E-state index contributed by atoms with van der Waals surface area (Å²) in [6.07, 6.45) is 5.43. The zero-order valence-electron chi connectivity index (χ0n) is 11.3. The summed E-state index contributed by atoms with van der Waals surface area (Å²) in [6, 6.07) is 1.85. The number of nitrogens with zero attached hydrogens (tertiary/aromatic N) is 1. The quantitative estimate of drug-likeness (QED) is 0.746. The summed E-state index contributed by atoms with van der Waals surface area (Å²) in [6.45, 7) is 5.10. The zero-order valence-corrected chi connectivity index (χ0v) is 12.9. The molecule has 106 valence electrons. The molecule has 1 aliphatic carbocycles. The molecule has 1 amide bonds. The first-order valence-corrected chi connectivity index (χ1v) is 7.71. The van der Waals surface area contributed by atoms with Gasteiger partial charge in [-0.1, -0.05) is 0 Å². The second-order valence-electron chi connectivity index (χ2n) is 4.96. The smallest absolute Gasteiger partial charge is 0.267 e. The molecule has 0 bridgehead atoms. The number of aryl methyl sites for hydroxylation is 1. The fourth-order valence-corrected chi connectivity index (χ4v) is 2.39. The Bertz CT molecular complexity index is 427. The number of rotatable bonds is 8. The van der Waals surface area contributed by atoms with Crippen LogP contribution in [0.4, 0.5) is 0 Å². The van der Waals surface area contributed by atoms with Gasteiger partial charge in [0, 0.05) is 37.0 Å². The number of hydrogen-bond donors (Lipinski definition) is 1. The third-order valence-electron chi connectivity index (χ3n) is 3.24. The Morgan fingerprint density at radius 3 is 3.05 bits per heavy atom. The first-order chi connectivity index (χ1) is 9.20. The first-order valence-electron chi connectivity index (χ1n) is 6.92. The van der Waals surface area contributed by atoms with Crippen LogP contribution in [0.25, 0.3) is 0 Å². The summed E-state index contributed by atoms with van der Waals surface area (Å²) in [4.78, 5) is 12.0. The van der Waals surface area contributed by atoms with Crippen LogP contribution in [0.2, 0.25) is 0 Å². The normalized spacial score (nSPS) is 14.6. The van der Waals surface area contributed by atoms with E-state index < -0.39 is 0 Å². The molecule has 19 heavy (non-hydrogen) atoms. The third kappa shape index (κ3) is 4.66. The minimum atomic E-state index is -0.0188. The highest BCUT2D eigenvalue weighted by atomic mass is 79.9. The molecular formula is C14H21BrN2O2. The summed E-state index contributed by atoms with van der Waals surface area (Å²) in [5, 5.41) is 2.93. The van der Waals surface area contributed by atoms with Crippen LogP contribution in [0, 0.1) is 5.92 Å². The zero-order chi connectivity index (χ0) is 13.7. The van der Waals surface area contributed by atoms with Crippen molar-refractivity contribution in [1.29, 1.82) is 0 Å². The largest absolute Gasteiger partial charge is 0.381 e. The van der Waals surface area contributed by atoms with E-state index in [-0.39, 0.29) is 5.91 Å². The number of amides is 1. The maximum Gasteiger partial charge on any atom is 0.267 e. The van der Waals surface area contributed by atoms with E-state index >= 15 is 0 Å². The van der Waals surface area contributed by atoms with Crippen molar-refractivity contribution < 1.29 is 9.53 Å². The molecule has 1 saturated carbocycles. The molecule has 0 spiro atoms. The monoisotopic (exact) mass is 328 g/mol. The van der Waals surface area contributed by atoms with Gasteiger partial charge >= 0.3 is 0 Å². The van der Waals surface area contributed by atoms with Crippen molar-refractivity contribution in [2.24, 2.45) is 5.92 Å². The van der Waals surface area contributed by atoms with Crippen LogP contribution in [-0.4, -0.2) is 30.2 Å². The number of carbonyl (C=O) groups excluding carboxylic acids is 1. The van der Waals surface area contributed by atoms with Gasteiger partial charge in [0.05, 0.1) is 0 Å². The van der Waals surface area contributed by atoms with Gasteiger partial charge in [-0.15, -0.1) is 0 Å². The molecule has 1 aliphatic rings. The molecule has 1 heterocycles. The summed E-state index contributed by atoms with van der Waals surface area (Å²) in [5.41, 5.74) is 0.702. The molecule has 0 unspecified atom stereocenters. The molecule has 0 aliphatic heterocycles. The van der Waals surface area contributed by atoms with E-state index in [4.69, 9.17) is 4.74 Å². The van der Waals surface area contributed by atoms with Crippen LogP contribution < -0.4 is 5.32 Å². The van der Waals surface area contributed by atoms with Crippen LogP contribution in [0.5, 0.6) is 0 Å². The fourth-order valence-electron chi connectivity index (χ4n) is 1.93. The Morgan fingerprint density at radius 2 is 2.37 bits per heavy atom. The second-order valence-corrected chi connectivity index (χ2v) is 5.87. The number of hydrogen-bond acceptors (Lipinski definition) is 2. The molecule has 1 N–H and O–H groups in total. The lowest BCUT2D eigenvalue weighted by atomic mass is 10.3. The van der Waals surface area contributed by atoms with E-state index in [0.29, 0.717) is 12.2 Å². The second kappa shape index (κ2) is 7.10. The van der Waals surface area contributed by atoms with Crippen LogP contribution in [0.15, 0.2) is 16.7 Å². The maximum absolute atomic E-state index is 12.0. The Morgan fingerprint density at radius 1 is 1.58 bits per heavy atom. The minimum absolute atomic E-state index is 0.0188. The van der Waals surface area contributed by atoms with Crippen LogP contribution in [-0.2, 0) is 11.3 Å². The highest BCUT2D eigenvalue weighted by Crippen LogP contribution is 2.28. The minimum Gasteiger partial charge on any atom is -0.381 e. The SMILES string of the molecule is CCn1cc(Br)cc1C(=O)NCCCOCC1CC1. The molecule has 0 radical (unpaired) electrons. The fraction of sp³-hybridized carbons (Fsp3) is 0.643. The van der Waals surface area contributed by atoms with E-state index in [1.165, 1.54) is 12.8 Å². The number of nitrogens with one attached hydrogen (secondary N) is 1.